The Morgan fingerprint density at radius 3 is 3.21 bits per heavy atom. The fraction of sp³-hybridized carbons (Fsp3) is 0.368. The number of carbonyl (C=O) groups is 1. The number of aromatic amines is 1. The van der Waals surface area contributed by atoms with E-state index in [9.17, 15) is 4.79 Å². The summed E-state index contributed by atoms with van der Waals surface area (Å²) in [6, 6.07) is 8.32. The molecular formula is C19H22N4O. The minimum Gasteiger partial charge on any atom is -0.361 e. The molecule has 0 spiro atoms. The van der Waals surface area contributed by atoms with Gasteiger partial charge in [0.05, 0.1) is 12.2 Å². The average molecular weight is 322 g/mol. The van der Waals surface area contributed by atoms with Gasteiger partial charge >= 0.3 is 0 Å². The molecule has 0 saturated carbocycles. The first-order chi connectivity index (χ1) is 11.7. The number of benzene rings is 1. The Bertz CT molecular complexity index is 877. The predicted octanol–water partition coefficient (Wildman–Crippen LogP) is 3.03. The molecule has 2 aromatic heterocycles. The smallest absolute Gasteiger partial charge is 0.220 e. The topological polar surface area (TPSA) is 62.7 Å². The summed E-state index contributed by atoms with van der Waals surface area (Å²) in [6.07, 6.45) is 8.32. The van der Waals surface area contributed by atoms with Crippen molar-refractivity contribution in [2.24, 2.45) is 7.05 Å². The van der Waals surface area contributed by atoms with Gasteiger partial charge in [-0.2, -0.15) is 5.10 Å². The van der Waals surface area contributed by atoms with Gasteiger partial charge in [-0.3, -0.25) is 9.48 Å². The van der Waals surface area contributed by atoms with Gasteiger partial charge in [0.1, 0.15) is 0 Å². The molecule has 2 N–H and O–H groups in total. The molecule has 124 valence electrons. The Morgan fingerprint density at radius 2 is 2.29 bits per heavy atom. The number of aryl methyl sites for hydroxylation is 2. The van der Waals surface area contributed by atoms with Crippen LogP contribution in [0.3, 0.4) is 0 Å². The van der Waals surface area contributed by atoms with Crippen molar-refractivity contribution >= 4 is 16.8 Å². The number of para-hydroxylation sites is 1. The molecule has 3 aromatic rings. The lowest BCUT2D eigenvalue weighted by Crippen LogP contribution is -2.31. The van der Waals surface area contributed by atoms with E-state index >= 15 is 0 Å². The highest BCUT2D eigenvalue weighted by atomic mass is 16.1. The van der Waals surface area contributed by atoms with E-state index in [-0.39, 0.29) is 11.9 Å². The van der Waals surface area contributed by atoms with Gasteiger partial charge in [0.15, 0.2) is 0 Å². The molecular weight excluding hydrogens is 300 g/mol. The summed E-state index contributed by atoms with van der Waals surface area (Å²) in [4.78, 5) is 15.7. The van der Waals surface area contributed by atoms with Crippen molar-refractivity contribution in [2.75, 3.05) is 0 Å². The normalized spacial score (nSPS) is 17.0. The van der Waals surface area contributed by atoms with Crippen LogP contribution in [-0.2, 0) is 24.7 Å². The fourth-order valence-electron chi connectivity index (χ4n) is 3.71. The van der Waals surface area contributed by atoms with Crippen LogP contribution in [-0.4, -0.2) is 20.7 Å². The van der Waals surface area contributed by atoms with Gasteiger partial charge in [-0.15, -0.1) is 0 Å². The Labute approximate surface area is 141 Å². The minimum atomic E-state index is 0.109. The first-order valence-electron chi connectivity index (χ1n) is 8.57. The van der Waals surface area contributed by atoms with Crippen molar-refractivity contribution in [3.8, 4) is 0 Å². The highest BCUT2D eigenvalue weighted by Gasteiger charge is 2.24. The molecule has 4 rings (SSSR count). The van der Waals surface area contributed by atoms with Crippen molar-refractivity contribution in [1.82, 2.24) is 20.1 Å². The second-order valence-corrected chi connectivity index (χ2v) is 6.54. The summed E-state index contributed by atoms with van der Waals surface area (Å²) in [6.45, 7) is 0. The van der Waals surface area contributed by atoms with Crippen molar-refractivity contribution in [3.63, 3.8) is 0 Å². The standard InChI is InChI=1S/C19H22N4O/c1-23-18-8-4-7-17(15(18)12-21-23)22-19(24)10-9-13-11-20-16-6-3-2-5-14(13)16/h2-3,5-6,11-12,17,20H,4,7-10H2,1H3,(H,22,24)/t17-/m0/s1. The third-order valence-corrected chi connectivity index (χ3v) is 5.01. The second kappa shape index (κ2) is 6.15. The van der Waals surface area contributed by atoms with Crippen LogP contribution in [0.1, 0.15) is 42.1 Å². The summed E-state index contributed by atoms with van der Waals surface area (Å²) < 4.78 is 1.93. The van der Waals surface area contributed by atoms with E-state index < -0.39 is 0 Å². The van der Waals surface area contributed by atoms with Crippen LogP contribution >= 0.6 is 0 Å². The van der Waals surface area contributed by atoms with Crippen molar-refractivity contribution in [2.45, 2.75) is 38.1 Å². The molecule has 0 saturated heterocycles. The average Bonchev–Trinajstić information content (AvgIpc) is 3.18. The third kappa shape index (κ3) is 2.70. The molecule has 5 nitrogen and oxygen atoms in total. The van der Waals surface area contributed by atoms with Gasteiger partial charge in [-0.25, -0.2) is 0 Å². The van der Waals surface area contributed by atoms with E-state index in [1.54, 1.807) is 0 Å². The van der Waals surface area contributed by atoms with Gasteiger partial charge in [0.2, 0.25) is 5.91 Å². The van der Waals surface area contributed by atoms with Crippen LogP contribution in [0.4, 0.5) is 0 Å². The summed E-state index contributed by atoms with van der Waals surface area (Å²) in [7, 11) is 1.97. The first-order valence-corrected chi connectivity index (χ1v) is 8.57. The zero-order chi connectivity index (χ0) is 16.5. The molecule has 0 unspecified atom stereocenters. The number of fused-ring (bicyclic) bond motifs is 2. The number of amides is 1. The molecule has 0 bridgehead atoms. The second-order valence-electron chi connectivity index (χ2n) is 6.54. The molecule has 1 amide bonds. The van der Waals surface area contributed by atoms with Crippen molar-refractivity contribution in [3.05, 3.63) is 53.5 Å². The zero-order valence-electron chi connectivity index (χ0n) is 13.9. The van der Waals surface area contributed by atoms with E-state index in [1.165, 1.54) is 22.2 Å². The van der Waals surface area contributed by atoms with Crippen molar-refractivity contribution in [1.29, 1.82) is 0 Å². The van der Waals surface area contributed by atoms with Crippen LogP contribution in [0.5, 0.6) is 0 Å². The highest BCUT2D eigenvalue weighted by molar-refractivity contribution is 5.84. The molecule has 1 atom stereocenters. The Hall–Kier alpha value is -2.56. The van der Waals surface area contributed by atoms with Crippen LogP contribution in [0.15, 0.2) is 36.7 Å². The first kappa shape index (κ1) is 15.0. The molecule has 5 heteroatoms. The number of carbonyl (C=O) groups excluding carboxylic acids is 1. The van der Waals surface area contributed by atoms with E-state index in [2.05, 4.69) is 27.5 Å². The number of hydrogen-bond acceptors (Lipinski definition) is 2. The molecule has 0 fully saturated rings. The molecule has 1 aromatic carbocycles. The van der Waals surface area contributed by atoms with E-state index in [1.807, 2.05) is 36.3 Å². The largest absolute Gasteiger partial charge is 0.361 e. The van der Waals surface area contributed by atoms with Gasteiger partial charge in [-0.05, 0) is 37.3 Å². The number of H-pyrrole nitrogens is 1. The Kier molecular flexibility index (Phi) is 3.84. The van der Waals surface area contributed by atoms with Crippen LogP contribution in [0, 0.1) is 0 Å². The monoisotopic (exact) mass is 322 g/mol. The third-order valence-electron chi connectivity index (χ3n) is 5.01. The zero-order valence-corrected chi connectivity index (χ0v) is 13.9. The molecule has 24 heavy (non-hydrogen) atoms. The maximum atomic E-state index is 12.4. The highest BCUT2D eigenvalue weighted by Crippen LogP contribution is 2.29. The summed E-state index contributed by atoms with van der Waals surface area (Å²) >= 11 is 0. The quantitative estimate of drug-likeness (QED) is 0.775. The minimum absolute atomic E-state index is 0.109. The molecule has 1 aliphatic rings. The lowest BCUT2D eigenvalue weighted by Gasteiger charge is -2.23. The fourth-order valence-corrected chi connectivity index (χ4v) is 3.71. The number of aromatic nitrogens is 3. The number of rotatable bonds is 4. The summed E-state index contributed by atoms with van der Waals surface area (Å²) in [5, 5.41) is 8.74. The molecule has 0 radical (unpaired) electrons. The maximum absolute atomic E-state index is 12.4. The maximum Gasteiger partial charge on any atom is 0.220 e. The predicted molar refractivity (Wildman–Crippen MR) is 93.6 cm³/mol. The van der Waals surface area contributed by atoms with Gasteiger partial charge in [0.25, 0.3) is 0 Å². The molecule has 0 aliphatic heterocycles. The van der Waals surface area contributed by atoms with Gasteiger partial charge in [0, 0.05) is 41.8 Å². The molecule has 1 aliphatic carbocycles. The van der Waals surface area contributed by atoms with Crippen molar-refractivity contribution < 1.29 is 4.79 Å². The number of nitrogens with zero attached hydrogens (tertiary/aromatic N) is 2. The summed E-state index contributed by atoms with van der Waals surface area (Å²) in [5.74, 6) is 0.113. The molecule has 2 heterocycles. The van der Waals surface area contributed by atoms with Gasteiger partial charge in [-0.1, -0.05) is 18.2 Å². The lowest BCUT2D eigenvalue weighted by atomic mass is 9.93. The number of hydrogen-bond donors (Lipinski definition) is 2. The van der Waals surface area contributed by atoms with Gasteiger partial charge < -0.3 is 10.3 Å². The van der Waals surface area contributed by atoms with Crippen LogP contribution in [0.2, 0.25) is 0 Å². The lowest BCUT2D eigenvalue weighted by molar-refractivity contribution is -0.121. The van der Waals surface area contributed by atoms with E-state index in [4.69, 9.17) is 0 Å². The summed E-state index contributed by atoms with van der Waals surface area (Å²) in [5.41, 5.74) is 4.76. The van der Waals surface area contributed by atoms with E-state index in [0.717, 1.165) is 31.2 Å². The van der Waals surface area contributed by atoms with Crippen LogP contribution < -0.4 is 5.32 Å². The Balaban J connectivity index is 1.41. The Morgan fingerprint density at radius 1 is 1.42 bits per heavy atom. The van der Waals surface area contributed by atoms with E-state index in [0.29, 0.717) is 6.42 Å². The SMILES string of the molecule is Cn1ncc2c1CCC[C@@H]2NC(=O)CCc1c[nH]c2ccccc12. The number of nitrogens with one attached hydrogen (secondary N) is 2. The van der Waals surface area contributed by atoms with Crippen LogP contribution in [0.25, 0.3) is 10.9 Å².